The van der Waals surface area contributed by atoms with Gasteiger partial charge in [-0.1, -0.05) is 6.07 Å². The summed E-state index contributed by atoms with van der Waals surface area (Å²) in [6.07, 6.45) is -0.215. The third-order valence-electron chi connectivity index (χ3n) is 5.85. The predicted molar refractivity (Wildman–Crippen MR) is 105 cm³/mol. The van der Waals surface area contributed by atoms with Crippen LogP contribution in [0.3, 0.4) is 0 Å². The summed E-state index contributed by atoms with van der Waals surface area (Å²) in [5.41, 5.74) is -1.25. The molecule has 0 bridgehead atoms. The molecule has 0 fully saturated rings. The second kappa shape index (κ2) is 7.77. The minimum atomic E-state index is -0.993. The van der Waals surface area contributed by atoms with Gasteiger partial charge in [0.15, 0.2) is 11.4 Å². The summed E-state index contributed by atoms with van der Waals surface area (Å²) >= 11 is 0. The highest BCUT2D eigenvalue weighted by atomic mass is 19.1. The number of benzene rings is 1. The van der Waals surface area contributed by atoms with Crippen molar-refractivity contribution in [1.29, 1.82) is 0 Å². The number of halogens is 2. The zero-order chi connectivity index (χ0) is 22.4. The number of hydrogen-bond acceptors (Lipinski definition) is 5. The van der Waals surface area contributed by atoms with Gasteiger partial charge in [-0.2, -0.15) is 0 Å². The van der Waals surface area contributed by atoms with E-state index in [1.165, 1.54) is 22.6 Å². The molecule has 2 N–H and O–H groups in total. The molecule has 2 aliphatic heterocycles. The molecule has 8 nitrogen and oxygen atoms in total. The Morgan fingerprint density at radius 1 is 1.32 bits per heavy atom. The second-order valence-corrected chi connectivity index (χ2v) is 7.53. The zero-order valence-electron chi connectivity index (χ0n) is 16.9. The fourth-order valence-electron chi connectivity index (χ4n) is 4.33. The molecule has 10 heteroatoms. The minimum Gasteiger partial charge on any atom is -0.503 e. The number of amides is 2. The van der Waals surface area contributed by atoms with Gasteiger partial charge in [0.25, 0.3) is 11.8 Å². The van der Waals surface area contributed by atoms with E-state index >= 15 is 0 Å². The van der Waals surface area contributed by atoms with Crippen molar-refractivity contribution in [2.75, 3.05) is 20.2 Å². The maximum absolute atomic E-state index is 13.9. The Morgan fingerprint density at radius 2 is 2.06 bits per heavy atom. The van der Waals surface area contributed by atoms with E-state index in [0.29, 0.717) is 25.6 Å². The SMILES string of the molecule is CCN1CC2C[C@@H](OC)c3c(C(=O)NCc4ccc(F)cc4F)c(=O)c(O)c(n32)C1=O. The van der Waals surface area contributed by atoms with Crippen molar-refractivity contribution >= 4 is 11.8 Å². The highest BCUT2D eigenvalue weighted by molar-refractivity contribution is 6.00. The number of hydrogen-bond donors (Lipinski definition) is 2. The van der Waals surface area contributed by atoms with Crippen LogP contribution in [0.5, 0.6) is 5.75 Å². The summed E-state index contributed by atoms with van der Waals surface area (Å²) in [5.74, 6) is -3.73. The Morgan fingerprint density at radius 3 is 2.71 bits per heavy atom. The average molecular weight is 433 g/mol. The van der Waals surface area contributed by atoms with Crippen LogP contribution >= 0.6 is 0 Å². The first kappa shape index (κ1) is 21.0. The van der Waals surface area contributed by atoms with Crippen molar-refractivity contribution in [3.8, 4) is 5.75 Å². The lowest BCUT2D eigenvalue weighted by Crippen LogP contribution is -2.44. The van der Waals surface area contributed by atoms with Gasteiger partial charge < -0.3 is 24.6 Å². The van der Waals surface area contributed by atoms with Gasteiger partial charge in [0.2, 0.25) is 5.43 Å². The van der Waals surface area contributed by atoms with Crippen LogP contribution in [-0.4, -0.2) is 46.6 Å². The number of ether oxygens (including phenoxy) is 1. The average Bonchev–Trinajstić information content (AvgIpc) is 3.10. The fraction of sp³-hybridized carbons (Fsp3) is 0.381. The molecule has 1 aromatic carbocycles. The molecule has 1 aromatic heterocycles. The molecule has 0 saturated carbocycles. The number of aromatic hydroxyl groups is 1. The molecular formula is C21H21F2N3O5. The highest BCUT2D eigenvalue weighted by Crippen LogP contribution is 2.43. The Hall–Kier alpha value is -3.27. The standard InChI is InChI=1S/C21H21F2N3O5/c1-3-25-9-12-7-14(31-2)16-15(18(27)19(28)17(21(25)30)26(12)16)20(29)24-8-10-4-5-11(22)6-13(10)23/h4-6,12,14,28H,3,7-9H2,1-2H3,(H,24,29)/t12?,14-/m1/s1. The molecule has 0 aliphatic carbocycles. The summed E-state index contributed by atoms with van der Waals surface area (Å²) < 4.78 is 34.0. The first-order valence-corrected chi connectivity index (χ1v) is 9.84. The maximum atomic E-state index is 13.9. The van der Waals surface area contributed by atoms with E-state index in [1.54, 1.807) is 6.92 Å². The molecule has 31 heavy (non-hydrogen) atoms. The molecule has 164 valence electrons. The number of likely N-dealkylation sites (N-methyl/N-ethyl adjacent to an activating group) is 1. The van der Waals surface area contributed by atoms with Gasteiger partial charge in [-0.3, -0.25) is 14.4 Å². The normalized spacial score (nSPS) is 19.5. The van der Waals surface area contributed by atoms with Crippen molar-refractivity contribution < 1.29 is 28.2 Å². The summed E-state index contributed by atoms with van der Waals surface area (Å²) in [4.78, 5) is 40.2. The summed E-state index contributed by atoms with van der Waals surface area (Å²) in [6.45, 7) is 2.26. The summed E-state index contributed by atoms with van der Waals surface area (Å²) in [5, 5.41) is 13.0. The molecular weight excluding hydrogens is 412 g/mol. The van der Waals surface area contributed by atoms with Crippen molar-refractivity contribution in [2.24, 2.45) is 0 Å². The van der Waals surface area contributed by atoms with Crippen LogP contribution < -0.4 is 10.7 Å². The van der Waals surface area contributed by atoms with Gasteiger partial charge >= 0.3 is 0 Å². The number of nitrogens with zero attached hydrogens (tertiary/aromatic N) is 2. The molecule has 0 saturated heterocycles. The van der Waals surface area contributed by atoms with Crippen LogP contribution in [0.4, 0.5) is 8.78 Å². The summed E-state index contributed by atoms with van der Waals surface area (Å²) in [6, 6.07) is 2.67. The highest BCUT2D eigenvalue weighted by Gasteiger charge is 2.45. The van der Waals surface area contributed by atoms with Crippen LogP contribution in [0.25, 0.3) is 0 Å². The van der Waals surface area contributed by atoms with E-state index in [4.69, 9.17) is 4.74 Å². The molecule has 0 spiro atoms. The minimum absolute atomic E-state index is 0.0309. The Kier molecular flexibility index (Phi) is 5.26. The van der Waals surface area contributed by atoms with Gasteiger partial charge in [-0.15, -0.1) is 0 Å². The lowest BCUT2D eigenvalue weighted by molar-refractivity contribution is 0.0653. The van der Waals surface area contributed by atoms with Crippen LogP contribution in [0.2, 0.25) is 0 Å². The Bertz CT molecular complexity index is 1150. The Balaban J connectivity index is 1.77. The fourth-order valence-corrected chi connectivity index (χ4v) is 4.33. The quantitative estimate of drug-likeness (QED) is 0.750. The van der Waals surface area contributed by atoms with Gasteiger partial charge in [-0.25, -0.2) is 8.78 Å². The van der Waals surface area contributed by atoms with Crippen molar-refractivity contribution in [3.63, 3.8) is 0 Å². The van der Waals surface area contributed by atoms with E-state index < -0.39 is 40.7 Å². The number of methoxy groups -OCH3 is 1. The zero-order valence-corrected chi connectivity index (χ0v) is 16.9. The van der Waals surface area contributed by atoms with Gasteiger partial charge in [-0.05, 0) is 13.0 Å². The Labute approximate surface area is 176 Å². The van der Waals surface area contributed by atoms with Crippen LogP contribution in [0.1, 0.15) is 57.6 Å². The van der Waals surface area contributed by atoms with Crippen LogP contribution in [0, 0.1) is 11.6 Å². The molecule has 2 aromatic rings. The number of rotatable bonds is 5. The first-order chi connectivity index (χ1) is 14.8. The van der Waals surface area contributed by atoms with E-state index in [0.717, 1.165) is 6.07 Å². The number of aromatic nitrogens is 1. The molecule has 2 amide bonds. The number of nitrogens with one attached hydrogen (secondary N) is 1. The number of pyridine rings is 1. The third-order valence-corrected chi connectivity index (χ3v) is 5.85. The van der Waals surface area contributed by atoms with Gasteiger partial charge in [0, 0.05) is 44.8 Å². The van der Waals surface area contributed by atoms with Crippen molar-refractivity contribution in [1.82, 2.24) is 14.8 Å². The second-order valence-electron chi connectivity index (χ2n) is 7.53. The number of carbonyl (C=O) groups excluding carboxylic acids is 2. The molecule has 2 aliphatic rings. The monoisotopic (exact) mass is 433 g/mol. The first-order valence-electron chi connectivity index (χ1n) is 9.84. The number of carbonyl (C=O) groups is 2. The van der Waals surface area contributed by atoms with Gasteiger partial charge in [0.05, 0.1) is 11.7 Å². The molecule has 4 rings (SSSR count). The third kappa shape index (κ3) is 3.27. The van der Waals surface area contributed by atoms with E-state index in [-0.39, 0.29) is 35.1 Å². The molecule has 3 heterocycles. The molecule has 0 radical (unpaired) electrons. The topological polar surface area (TPSA) is 101 Å². The lowest BCUT2D eigenvalue weighted by atomic mass is 10.1. The van der Waals surface area contributed by atoms with E-state index in [1.807, 2.05) is 0 Å². The van der Waals surface area contributed by atoms with Gasteiger partial charge in [0.1, 0.15) is 23.3 Å². The molecule has 2 atom stereocenters. The van der Waals surface area contributed by atoms with Crippen molar-refractivity contribution in [3.05, 3.63) is 62.6 Å². The smallest absolute Gasteiger partial charge is 0.274 e. The lowest BCUT2D eigenvalue weighted by Gasteiger charge is -2.33. The summed E-state index contributed by atoms with van der Waals surface area (Å²) in [7, 11) is 1.43. The largest absolute Gasteiger partial charge is 0.503 e. The van der Waals surface area contributed by atoms with E-state index in [9.17, 15) is 28.3 Å². The van der Waals surface area contributed by atoms with Crippen LogP contribution in [0.15, 0.2) is 23.0 Å². The molecule has 1 unspecified atom stereocenters. The van der Waals surface area contributed by atoms with Crippen molar-refractivity contribution in [2.45, 2.75) is 32.0 Å². The van der Waals surface area contributed by atoms with E-state index in [2.05, 4.69) is 5.32 Å². The van der Waals surface area contributed by atoms with Crippen LogP contribution in [-0.2, 0) is 11.3 Å². The maximum Gasteiger partial charge on any atom is 0.274 e. The predicted octanol–water partition coefficient (Wildman–Crippen LogP) is 1.87.